The van der Waals surface area contributed by atoms with E-state index in [1.165, 1.54) is 16.7 Å². The lowest BCUT2D eigenvalue weighted by Crippen LogP contribution is -2.28. The average Bonchev–Trinajstić information content (AvgIpc) is 2.77. The van der Waals surface area contributed by atoms with E-state index in [1.807, 2.05) is 18.2 Å². The quantitative estimate of drug-likeness (QED) is 0.444. The first-order chi connectivity index (χ1) is 13.8. The molecule has 0 heterocycles. The first kappa shape index (κ1) is 19.8. The Morgan fingerprint density at radius 2 is 1.25 bits per heavy atom. The fourth-order valence-corrected chi connectivity index (χ4v) is 4.81. The first-order valence-corrected chi connectivity index (χ1v) is 10.3. The van der Waals surface area contributed by atoms with E-state index in [2.05, 4.69) is 84.0 Å². The highest BCUT2D eigenvalue weighted by molar-refractivity contribution is 8.00. The van der Waals surface area contributed by atoms with Crippen molar-refractivity contribution in [3.63, 3.8) is 0 Å². The van der Waals surface area contributed by atoms with Crippen LogP contribution in [0, 0.1) is 12.3 Å². The predicted octanol–water partition coefficient (Wildman–Crippen LogP) is 4.85. The van der Waals surface area contributed by atoms with Crippen LogP contribution in [0.4, 0.5) is 0 Å². The number of nitrogens with one attached hydrogen (secondary N) is 1. The zero-order valence-electron chi connectivity index (χ0n) is 15.7. The van der Waals surface area contributed by atoms with Crippen LogP contribution in [-0.2, 0) is 9.54 Å². The van der Waals surface area contributed by atoms with Gasteiger partial charge in [0.1, 0.15) is 0 Å². The molecule has 28 heavy (non-hydrogen) atoms. The number of terminal acetylenes is 1. The van der Waals surface area contributed by atoms with Crippen LogP contribution in [0.2, 0.25) is 0 Å². The van der Waals surface area contributed by atoms with E-state index < -0.39 is 4.75 Å². The molecular weight excluding hydrogens is 362 g/mol. The van der Waals surface area contributed by atoms with Crippen molar-refractivity contribution in [3.05, 3.63) is 108 Å². The lowest BCUT2D eigenvalue weighted by atomic mass is 9.84. The summed E-state index contributed by atoms with van der Waals surface area (Å²) in [7, 11) is 0. The summed E-state index contributed by atoms with van der Waals surface area (Å²) in [6, 6.07) is 31.4. The summed E-state index contributed by atoms with van der Waals surface area (Å²) >= 11 is 1.78. The minimum absolute atomic E-state index is 0.0199. The van der Waals surface area contributed by atoms with Crippen molar-refractivity contribution in [2.75, 3.05) is 12.3 Å². The molecule has 0 saturated carbocycles. The maximum Gasteiger partial charge on any atom is 0.221 e. The summed E-state index contributed by atoms with van der Waals surface area (Å²) < 4.78 is -0.393. The van der Waals surface area contributed by atoms with Crippen molar-refractivity contribution >= 4 is 17.7 Å². The molecule has 0 bridgehead atoms. The van der Waals surface area contributed by atoms with Gasteiger partial charge < -0.3 is 5.32 Å². The standard InChI is InChI=1S/C25H23NOS/c1-2-19-26-24(27)18-20-28-25(21-12-6-3-7-13-21,22-14-8-4-9-15-22)23-16-10-5-11-17-23/h1,3-17H,18-20H2,(H,26,27). The highest BCUT2D eigenvalue weighted by Crippen LogP contribution is 2.48. The zero-order valence-corrected chi connectivity index (χ0v) is 16.5. The van der Waals surface area contributed by atoms with Gasteiger partial charge in [-0.05, 0) is 16.7 Å². The van der Waals surface area contributed by atoms with Gasteiger partial charge in [0.25, 0.3) is 0 Å². The van der Waals surface area contributed by atoms with Crippen molar-refractivity contribution in [1.82, 2.24) is 5.32 Å². The number of rotatable bonds is 8. The second-order valence-electron chi connectivity index (χ2n) is 6.36. The van der Waals surface area contributed by atoms with Crippen molar-refractivity contribution in [3.8, 4) is 12.3 Å². The lowest BCUT2D eigenvalue weighted by molar-refractivity contribution is -0.120. The summed E-state index contributed by atoms with van der Waals surface area (Å²) in [5.74, 6) is 3.10. The van der Waals surface area contributed by atoms with Gasteiger partial charge in [-0.1, -0.05) is 96.9 Å². The second kappa shape index (κ2) is 9.82. The molecule has 0 saturated heterocycles. The summed E-state index contributed by atoms with van der Waals surface area (Å²) in [4.78, 5) is 12.1. The van der Waals surface area contributed by atoms with Gasteiger partial charge in [0.2, 0.25) is 5.91 Å². The van der Waals surface area contributed by atoms with Crippen LogP contribution in [0.25, 0.3) is 0 Å². The number of carbonyl (C=O) groups is 1. The summed E-state index contributed by atoms with van der Waals surface area (Å²) in [5.41, 5.74) is 3.59. The minimum Gasteiger partial charge on any atom is -0.345 e. The molecule has 1 amide bonds. The molecule has 0 atom stereocenters. The van der Waals surface area contributed by atoms with Crippen LogP contribution in [0.5, 0.6) is 0 Å². The van der Waals surface area contributed by atoms with Gasteiger partial charge in [0, 0.05) is 12.2 Å². The minimum atomic E-state index is -0.393. The van der Waals surface area contributed by atoms with Gasteiger partial charge in [-0.3, -0.25) is 4.79 Å². The van der Waals surface area contributed by atoms with Crippen LogP contribution in [0.3, 0.4) is 0 Å². The third-order valence-corrected chi connectivity index (χ3v) is 6.12. The monoisotopic (exact) mass is 385 g/mol. The molecule has 3 aromatic carbocycles. The third-order valence-electron chi connectivity index (χ3n) is 4.58. The Morgan fingerprint density at radius 3 is 1.64 bits per heavy atom. The number of hydrogen-bond donors (Lipinski definition) is 1. The molecule has 3 heteroatoms. The molecule has 0 spiro atoms. The Bertz CT molecular complexity index is 820. The largest absolute Gasteiger partial charge is 0.345 e. The van der Waals surface area contributed by atoms with Crippen molar-refractivity contribution in [2.45, 2.75) is 11.2 Å². The summed E-state index contributed by atoms with van der Waals surface area (Å²) in [6.07, 6.45) is 5.65. The molecule has 0 fully saturated rings. The number of amides is 1. The Kier molecular flexibility index (Phi) is 6.94. The Morgan fingerprint density at radius 1 is 0.821 bits per heavy atom. The van der Waals surface area contributed by atoms with Gasteiger partial charge in [-0.25, -0.2) is 0 Å². The van der Waals surface area contributed by atoms with Crippen LogP contribution < -0.4 is 5.32 Å². The molecule has 140 valence electrons. The Labute approximate surface area is 171 Å². The molecule has 1 N–H and O–H groups in total. The number of carbonyl (C=O) groups excluding carboxylic acids is 1. The molecule has 3 rings (SSSR count). The van der Waals surface area contributed by atoms with Crippen molar-refractivity contribution < 1.29 is 4.79 Å². The number of thioether (sulfide) groups is 1. The topological polar surface area (TPSA) is 29.1 Å². The molecule has 0 aliphatic carbocycles. The molecule has 0 aromatic heterocycles. The molecule has 0 unspecified atom stereocenters. The van der Waals surface area contributed by atoms with Crippen molar-refractivity contribution in [1.29, 1.82) is 0 Å². The van der Waals surface area contributed by atoms with E-state index in [0.717, 1.165) is 0 Å². The molecule has 0 radical (unpaired) electrons. The third kappa shape index (κ3) is 4.47. The van der Waals surface area contributed by atoms with Crippen LogP contribution >= 0.6 is 11.8 Å². The van der Waals surface area contributed by atoms with Crippen molar-refractivity contribution in [2.24, 2.45) is 0 Å². The Hall–Kier alpha value is -2.96. The van der Waals surface area contributed by atoms with Gasteiger partial charge >= 0.3 is 0 Å². The maximum atomic E-state index is 12.1. The first-order valence-electron chi connectivity index (χ1n) is 9.28. The van der Waals surface area contributed by atoms with E-state index in [-0.39, 0.29) is 12.5 Å². The fourth-order valence-electron chi connectivity index (χ4n) is 3.30. The SMILES string of the molecule is C#CCNC(=O)CCSC(c1ccccc1)(c1ccccc1)c1ccccc1. The highest BCUT2D eigenvalue weighted by Gasteiger charge is 2.36. The van der Waals surface area contributed by atoms with E-state index in [0.29, 0.717) is 12.2 Å². The van der Waals surface area contributed by atoms with Gasteiger partial charge in [-0.15, -0.1) is 18.2 Å². The van der Waals surface area contributed by atoms with Crippen LogP contribution in [-0.4, -0.2) is 18.2 Å². The zero-order chi connectivity index (χ0) is 19.7. The highest BCUT2D eigenvalue weighted by atomic mass is 32.2. The fraction of sp³-hybridized carbons (Fsp3) is 0.160. The van der Waals surface area contributed by atoms with Gasteiger partial charge in [0.15, 0.2) is 0 Å². The van der Waals surface area contributed by atoms with Crippen LogP contribution in [0.15, 0.2) is 91.0 Å². The molecule has 0 aliphatic heterocycles. The van der Waals surface area contributed by atoms with E-state index in [9.17, 15) is 4.79 Å². The molecular formula is C25H23NOS. The smallest absolute Gasteiger partial charge is 0.221 e. The van der Waals surface area contributed by atoms with E-state index in [1.54, 1.807) is 11.8 Å². The second-order valence-corrected chi connectivity index (χ2v) is 7.67. The number of hydrogen-bond acceptors (Lipinski definition) is 2. The van der Waals surface area contributed by atoms with Crippen LogP contribution in [0.1, 0.15) is 23.1 Å². The van der Waals surface area contributed by atoms with E-state index in [4.69, 9.17) is 6.42 Å². The summed E-state index contributed by atoms with van der Waals surface area (Å²) in [5, 5.41) is 2.75. The molecule has 0 aliphatic rings. The van der Waals surface area contributed by atoms with E-state index >= 15 is 0 Å². The molecule has 2 nitrogen and oxygen atoms in total. The lowest BCUT2D eigenvalue weighted by Gasteiger charge is -2.35. The maximum absolute atomic E-state index is 12.1. The predicted molar refractivity (Wildman–Crippen MR) is 118 cm³/mol. The number of benzene rings is 3. The summed E-state index contributed by atoms with van der Waals surface area (Å²) in [6.45, 7) is 0.269. The van der Waals surface area contributed by atoms with Gasteiger partial charge in [0.05, 0.1) is 11.3 Å². The molecule has 3 aromatic rings. The normalized spacial score (nSPS) is 10.8. The van der Waals surface area contributed by atoms with Gasteiger partial charge in [-0.2, -0.15) is 0 Å². The Balaban J connectivity index is 2.02. The average molecular weight is 386 g/mol.